The van der Waals surface area contributed by atoms with Crippen molar-refractivity contribution in [1.29, 1.82) is 10.5 Å². The molecule has 4 nitrogen and oxygen atoms in total. The van der Waals surface area contributed by atoms with E-state index in [0.29, 0.717) is 23.1 Å². The average molecular weight is 617 g/mol. The first-order chi connectivity index (χ1) is 23.8. The summed E-state index contributed by atoms with van der Waals surface area (Å²) in [5.41, 5.74) is 11.2. The Morgan fingerprint density at radius 1 is 0.729 bits per heavy atom. The average Bonchev–Trinajstić information content (AvgIpc) is 3.67. The van der Waals surface area contributed by atoms with Crippen molar-refractivity contribution in [3.8, 4) is 17.8 Å². The zero-order valence-corrected chi connectivity index (χ0v) is 26.4. The molecule has 3 aliphatic carbocycles. The first-order valence-corrected chi connectivity index (χ1v) is 16.7. The molecular weight excluding hydrogens is 585 g/mol. The van der Waals surface area contributed by atoms with E-state index in [4.69, 9.17) is 0 Å². The van der Waals surface area contributed by atoms with Crippen LogP contribution in [0.2, 0.25) is 0 Å². The molecule has 0 saturated carbocycles. The topological polar surface area (TPSA) is 55.8 Å². The fourth-order valence-corrected chi connectivity index (χ4v) is 8.41. The molecule has 0 spiro atoms. The summed E-state index contributed by atoms with van der Waals surface area (Å²) in [5.74, 6) is 0.387. The quantitative estimate of drug-likeness (QED) is 0.202. The summed E-state index contributed by atoms with van der Waals surface area (Å²) in [6.45, 7) is 0. The van der Waals surface area contributed by atoms with E-state index in [9.17, 15) is 10.5 Å². The van der Waals surface area contributed by atoms with Crippen LogP contribution in [0, 0.1) is 28.6 Å². The lowest BCUT2D eigenvalue weighted by atomic mass is 9.80. The summed E-state index contributed by atoms with van der Waals surface area (Å²) in [7, 11) is 0. The SMILES string of the molecule is N#Cc1ccc(C2CC=CC=C2c2ccc(N3C4=C(C=CCC4)C4C=CC=CC43)cc2)c(-n2c3ccccc3c3ccccc32)c1C#N. The van der Waals surface area contributed by atoms with Crippen LogP contribution >= 0.6 is 0 Å². The molecule has 4 heteroatoms. The molecule has 3 atom stereocenters. The Bertz CT molecular complexity index is 2360. The molecule has 2 heterocycles. The number of fused-ring (bicyclic) bond motifs is 5. The number of anilines is 1. The highest BCUT2D eigenvalue weighted by Gasteiger charge is 2.39. The summed E-state index contributed by atoms with van der Waals surface area (Å²) < 4.78 is 2.21. The largest absolute Gasteiger partial charge is 0.337 e. The van der Waals surface area contributed by atoms with Gasteiger partial charge in [-0.3, -0.25) is 0 Å². The minimum Gasteiger partial charge on any atom is -0.337 e. The van der Waals surface area contributed by atoms with Gasteiger partial charge in [0.1, 0.15) is 12.1 Å². The van der Waals surface area contributed by atoms with E-state index in [1.54, 1.807) is 0 Å². The van der Waals surface area contributed by atoms with Crippen LogP contribution in [0.3, 0.4) is 0 Å². The Morgan fingerprint density at radius 2 is 1.48 bits per heavy atom. The lowest BCUT2D eigenvalue weighted by molar-refractivity contribution is 0.681. The normalized spacial score (nSPS) is 20.9. The van der Waals surface area contributed by atoms with E-state index in [-0.39, 0.29) is 5.92 Å². The van der Waals surface area contributed by atoms with Gasteiger partial charge >= 0.3 is 0 Å². The van der Waals surface area contributed by atoms with E-state index in [1.165, 1.54) is 22.5 Å². The maximum Gasteiger partial charge on any atom is 0.103 e. The predicted molar refractivity (Wildman–Crippen MR) is 195 cm³/mol. The molecule has 228 valence electrons. The number of para-hydroxylation sites is 2. The van der Waals surface area contributed by atoms with Crippen molar-refractivity contribution in [2.24, 2.45) is 5.92 Å². The van der Waals surface area contributed by atoms with Gasteiger partial charge in [-0.1, -0.05) is 109 Å². The Hall–Kier alpha value is -6.10. The number of hydrogen-bond acceptors (Lipinski definition) is 3. The van der Waals surface area contributed by atoms with Gasteiger partial charge in [0.25, 0.3) is 0 Å². The van der Waals surface area contributed by atoms with Crippen LogP contribution < -0.4 is 4.90 Å². The Kier molecular flexibility index (Phi) is 6.63. The molecule has 0 amide bonds. The standard InChI is InChI=1S/C44H32N4/c45-27-30-23-26-38(44(39(30)28-46)48-42-19-9-5-15-36(42)37-16-6-10-20-43(37)48)33-12-2-1-11-32(33)29-21-24-31(25-22-29)47-40-17-7-3-13-34(40)35-14-4-8-18-41(35)47/h1-7,9-11,13-17,19-26,33-34,40H,8,12,18H2. The van der Waals surface area contributed by atoms with Gasteiger partial charge in [0.15, 0.2) is 0 Å². The summed E-state index contributed by atoms with van der Waals surface area (Å²) in [6.07, 6.45) is 23.2. The van der Waals surface area contributed by atoms with Crippen LogP contribution in [0.5, 0.6) is 0 Å². The van der Waals surface area contributed by atoms with Gasteiger partial charge in [0.2, 0.25) is 0 Å². The van der Waals surface area contributed by atoms with Gasteiger partial charge in [-0.25, -0.2) is 0 Å². The molecule has 4 aliphatic rings. The molecular formula is C44H32N4. The predicted octanol–water partition coefficient (Wildman–Crippen LogP) is 10.2. The summed E-state index contributed by atoms with van der Waals surface area (Å²) in [5, 5.41) is 23.0. The molecule has 1 aliphatic heterocycles. The molecule has 0 N–H and O–H groups in total. The monoisotopic (exact) mass is 616 g/mol. The molecule has 0 bridgehead atoms. The molecule has 3 unspecified atom stereocenters. The second kappa shape index (κ2) is 11.3. The zero-order chi connectivity index (χ0) is 32.2. The van der Waals surface area contributed by atoms with Gasteiger partial charge in [0.05, 0.1) is 33.9 Å². The number of aromatic nitrogens is 1. The third kappa shape index (κ3) is 4.20. The number of nitrogens with zero attached hydrogens (tertiary/aromatic N) is 4. The zero-order valence-electron chi connectivity index (χ0n) is 26.4. The van der Waals surface area contributed by atoms with Crippen molar-refractivity contribution in [1.82, 2.24) is 4.57 Å². The minimum atomic E-state index is -0.00371. The van der Waals surface area contributed by atoms with Crippen molar-refractivity contribution >= 4 is 33.1 Å². The van der Waals surface area contributed by atoms with E-state index in [2.05, 4.69) is 143 Å². The van der Waals surface area contributed by atoms with Crippen molar-refractivity contribution in [3.05, 3.63) is 173 Å². The van der Waals surface area contributed by atoms with Gasteiger partial charge in [-0.2, -0.15) is 10.5 Å². The van der Waals surface area contributed by atoms with Gasteiger partial charge in [-0.15, -0.1) is 0 Å². The molecule has 5 aromatic rings. The fraction of sp³-hybridized carbons (Fsp3) is 0.136. The van der Waals surface area contributed by atoms with Crippen LogP contribution in [-0.2, 0) is 0 Å². The molecule has 4 aromatic carbocycles. The molecule has 1 aromatic heterocycles. The Morgan fingerprint density at radius 3 is 2.23 bits per heavy atom. The van der Waals surface area contributed by atoms with E-state index in [1.807, 2.05) is 18.2 Å². The summed E-state index contributed by atoms with van der Waals surface area (Å²) in [6, 6.07) is 34.7. The lowest BCUT2D eigenvalue weighted by Gasteiger charge is -2.31. The van der Waals surface area contributed by atoms with Crippen LogP contribution in [0.1, 0.15) is 47.4 Å². The van der Waals surface area contributed by atoms with Crippen molar-refractivity contribution in [2.75, 3.05) is 4.90 Å². The Labute approximate surface area is 280 Å². The van der Waals surface area contributed by atoms with E-state index in [0.717, 1.165) is 57.9 Å². The molecule has 48 heavy (non-hydrogen) atoms. The Balaban J connectivity index is 1.17. The van der Waals surface area contributed by atoms with Crippen LogP contribution in [0.25, 0.3) is 33.1 Å². The summed E-state index contributed by atoms with van der Waals surface area (Å²) in [4.78, 5) is 2.54. The fourth-order valence-electron chi connectivity index (χ4n) is 8.41. The third-order valence-electron chi connectivity index (χ3n) is 10.5. The number of benzene rings is 4. The first-order valence-electron chi connectivity index (χ1n) is 16.7. The second-order valence-corrected chi connectivity index (χ2v) is 12.9. The van der Waals surface area contributed by atoms with Gasteiger partial charge in [-0.05, 0) is 71.9 Å². The van der Waals surface area contributed by atoms with Gasteiger partial charge in [0, 0.05) is 34.0 Å². The minimum absolute atomic E-state index is 0.00371. The van der Waals surface area contributed by atoms with Crippen molar-refractivity contribution in [2.45, 2.75) is 31.2 Å². The third-order valence-corrected chi connectivity index (χ3v) is 10.5. The van der Waals surface area contributed by atoms with Crippen molar-refractivity contribution < 1.29 is 0 Å². The van der Waals surface area contributed by atoms with E-state index < -0.39 is 0 Å². The van der Waals surface area contributed by atoms with Crippen LogP contribution in [0.4, 0.5) is 5.69 Å². The smallest absolute Gasteiger partial charge is 0.103 e. The summed E-state index contributed by atoms with van der Waals surface area (Å²) >= 11 is 0. The highest BCUT2D eigenvalue weighted by molar-refractivity contribution is 6.09. The molecule has 9 rings (SSSR count). The van der Waals surface area contributed by atoms with Gasteiger partial charge < -0.3 is 9.47 Å². The molecule has 0 radical (unpaired) electrons. The number of allylic oxidation sites excluding steroid dienone is 9. The maximum atomic E-state index is 10.6. The number of rotatable bonds is 4. The molecule has 0 fully saturated rings. The van der Waals surface area contributed by atoms with Crippen molar-refractivity contribution in [3.63, 3.8) is 0 Å². The second-order valence-electron chi connectivity index (χ2n) is 12.9. The highest BCUT2D eigenvalue weighted by atomic mass is 15.2. The first kappa shape index (κ1) is 28.1. The van der Waals surface area contributed by atoms with Crippen LogP contribution in [0.15, 0.2) is 151 Å². The number of nitriles is 2. The lowest BCUT2D eigenvalue weighted by Crippen LogP contribution is -2.32. The van der Waals surface area contributed by atoms with Crippen LogP contribution in [-0.4, -0.2) is 10.6 Å². The van der Waals surface area contributed by atoms with E-state index >= 15 is 0 Å². The number of hydrogen-bond donors (Lipinski definition) is 0. The molecule has 0 saturated heterocycles. The highest BCUT2D eigenvalue weighted by Crippen LogP contribution is 2.47. The maximum absolute atomic E-state index is 10.6.